The monoisotopic (exact) mass is 328 g/mol. The minimum absolute atomic E-state index is 0.193. The first-order chi connectivity index (χ1) is 11.7. The fraction of sp³-hybridized carbons (Fsp3) is 0.500. The van der Waals surface area contributed by atoms with Crippen molar-refractivity contribution >= 4 is 16.5 Å². The predicted molar refractivity (Wildman–Crippen MR) is 95.4 cm³/mol. The lowest BCUT2D eigenvalue weighted by Gasteiger charge is -2.30. The van der Waals surface area contributed by atoms with Crippen molar-refractivity contribution < 1.29 is 9.13 Å². The highest BCUT2D eigenvalue weighted by Gasteiger charge is 2.33. The minimum Gasteiger partial charge on any atom is -0.377 e. The van der Waals surface area contributed by atoms with E-state index in [1.54, 1.807) is 6.07 Å². The van der Waals surface area contributed by atoms with Crippen LogP contribution in [0.3, 0.4) is 0 Å². The molecule has 128 valence electrons. The molecule has 1 saturated carbocycles. The number of hydrogen-bond acceptors (Lipinski definition) is 2. The van der Waals surface area contributed by atoms with Crippen molar-refractivity contribution in [3.05, 3.63) is 41.9 Å². The summed E-state index contributed by atoms with van der Waals surface area (Å²) in [6.45, 7) is 5.97. The molecule has 1 aromatic heterocycles. The quantitative estimate of drug-likeness (QED) is 0.860. The molecule has 2 heterocycles. The van der Waals surface area contributed by atoms with E-state index in [9.17, 15) is 4.39 Å². The number of rotatable bonds is 6. The van der Waals surface area contributed by atoms with E-state index in [4.69, 9.17) is 4.74 Å². The average Bonchev–Trinajstić information content (AvgIpc) is 3.35. The molecule has 24 heavy (non-hydrogen) atoms. The van der Waals surface area contributed by atoms with Gasteiger partial charge < -0.3 is 9.72 Å². The number of hydrogen-bond donors (Lipinski definition) is 1. The second-order valence-electron chi connectivity index (χ2n) is 6.96. The maximum absolute atomic E-state index is 13.3. The Morgan fingerprint density at radius 3 is 2.96 bits per heavy atom. The molecule has 1 fully saturated rings. The summed E-state index contributed by atoms with van der Waals surface area (Å²) in [6.07, 6.45) is 8.43. The number of benzene rings is 1. The zero-order valence-electron chi connectivity index (χ0n) is 14.2. The molecule has 1 aliphatic heterocycles. The van der Waals surface area contributed by atoms with Crippen molar-refractivity contribution in [1.29, 1.82) is 0 Å². The maximum Gasteiger partial charge on any atom is 0.125 e. The Hall–Kier alpha value is -1.65. The van der Waals surface area contributed by atoms with Gasteiger partial charge >= 0.3 is 0 Å². The normalized spacial score (nSPS) is 20.3. The zero-order valence-corrected chi connectivity index (χ0v) is 14.2. The fourth-order valence-corrected chi connectivity index (χ4v) is 3.76. The summed E-state index contributed by atoms with van der Waals surface area (Å²) >= 11 is 0. The molecule has 1 atom stereocenters. The first kappa shape index (κ1) is 15.9. The summed E-state index contributed by atoms with van der Waals surface area (Å²) in [5.41, 5.74) is 3.45. The summed E-state index contributed by atoms with van der Waals surface area (Å²) < 4.78 is 19.3. The Kier molecular flexibility index (Phi) is 4.42. The van der Waals surface area contributed by atoms with Gasteiger partial charge in [0.25, 0.3) is 0 Å². The molecule has 0 bridgehead atoms. The number of nitrogens with zero attached hydrogens (tertiary/aromatic N) is 1. The van der Waals surface area contributed by atoms with Crippen LogP contribution in [0.15, 0.2) is 30.5 Å². The van der Waals surface area contributed by atoms with Gasteiger partial charge in [0.05, 0.1) is 6.10 Å². The first-order valence-electron chi connectivity index (χ1n) is 9.04. The van der Waals surface area contributed by atoms with Crippen molar-refractivity contribution in [3.8, 4) is 0 Å². The number of aromatic nitrogens is 1. The van der Waals surface area contributed by atoms with E-state index in [0.29, 0.717) is 6.10 Å². The number of aromatic amines is 1. The number of fused-ring (bicyclic) bond motifs is 1. The summed E-state index contributed by atoms with van der Waals surface area (Å²) in [7, 11) is 0. The predicted octanol–water partition coefficient (Wildman–Crippen LogP) is 4.21. The largest absolute Gasteiger partial charge is 0.377 e. The summed E-state index contributed by atoms with van der Waals surface area (Å²) in [5.74, 6) is 0.584. The van der Waals surface area contributed by atoms with Gasteiger partial charge in [-0.25, -0.2) is 4.39 Å². The van der Waals surface area contributed by atoms with Crippen molar-refractivity contribution in [1.82, 2.24) is 9.88 Å². The van der Waals surface area contributed by atoms with E-state index >= 15 is 0 Å². The second kappa shape index (κ2) is 6.69. The van der Waals surface area contributed by atoms with Gasteiger partial charge in [-0.1, -0.05) is 6.08 Å². The van der Waals surface area contributed by atoms with Crippen molar-refractivity contribution in [2.75, 3.05) is 26.2 Å². The molecule has 2 aromatic rings. The smallest absolute Gasteiger partial charge is 0.125 e. The van der Waals surface area contributed by atoms with Crippen LogP contribution in [0, 0.1) is 11.7 Å². The van der Waals surface area contributed by atoms with Gasteiger partial charge in [0, 0.05) is 48.9 Å². The summed E-state index contributed by atoms with van der Waals surface area (Å²) in [4.78, 5) is 5.69. The van der Waals surface area contributed by atoms with Crippen LogP contribution >= 0.6 is 0 Å². The van der Waals surface area contributed by atoms with E-state index in [-0.39, 0.29) is 5.82 Å². The topological polar surface area (TPSA) is 28.3 Å². The Balaban J connectivity index is 1.45. The molecular weight excluding hydrogens is 303 g/mol. The summed E-state index contributed by atoms with van der Waals surface area (Å²) in [6, 6.07) is 4.98. The Bertz CT molecular complexity index is 747. The van der Waals surface area contributed by atoms with Crippen LogP contribution in [0.5, 0.6) is 0 Å². The van der Waals surface area contributed by atoms with Crippen molar-refractivity contribution in [2.45, 2.75) is 32.3 Å². The third-order valence-electron chi connectivity index (χ3n) is 5.25. The second-order valence-corrected chi connectivity index (χ2v) is 6.96. The van der Waals surface area contributed by atoms with Crippen LogP contribution in [0.25, 0.3) is 16.5 Å². The van der Waals surface area contributed by atoms with E-state index in [1.807, 2.05) is 12.3 Å². The Morgan fingerprint density at radius 1 is 1.38 bits per heavy atom. The minimum atomic E-state index is -0.193. The number of halogens is 1. The van der Waals surface area contributed by atoms with Crippen molar-refractivity contribution in [2.24, 2.45) is 5.92 Å². The first-order valence-corrected chi connectivity index (χ1v) is 9.04. The molecule has 1 N–H and O–H groups in total. The lowest BCUT2D eigenvalue weighted by molar-refractivity contribution is 0.0217. The third kappa shape index (κ3) is 3.26. The molecule has 3 nitrogen and oxygen atoms in total. The molecule has 0 radical (unpaired) electrons. The molecule has 2 aliphatic rings. The van der Waals surface area contributed by atoms with Gasteiger partial charge in [-0.3, -0.25) is 4.90 Å². The fourth-order valence-electron chi connectivity index (χ4n) is 3.76. The van der Waals surface area contributed by atoms with Gasteiger partial charge in [0.1, 0.15) is 5.82 Å². The van der Waals surface area contributed by atoms with E-state index in [2.05, 4.69) is 22.9 Å². The molecule has 1 aliphatic carbocycles. The highest BCUT2D eigenvalue weighted by Crippen LogP contribution is 2.35. The maximum atomic E-state index is 13.3. The van der Waals surface area contributed by atoms with E-state index in [0.717, 1.165) is 49.5 Å². The molecule has 1 unspecified atom stereocenters. The van der Waals surface area contributed by atoms with Gasteiger partial charge in [-0.15, -0.1) is 0 Å². The molecule has 0 amide bonds. The molecule has 0 spiro atoms. The van der Waals surface area contributed by atoms with Gasteiger partial charge in [0.2, 0.25) is 0 Å². The van der Waals surface area contributed by atoms with Gasteiger partial charge in [0.15, 0.2) is 0 Å². The Morgan fingerprint density at radius 2 is 2.25 bits per heavy atom. The van der Waals surface area contributed by atoms with E-state index in [1.165, 1.54) is 30.0 Å². The zero-order chi connectivity index (χ0) is 16.5. The van der Waals surface area contributed by atoms with Crippen LogP contribution in [-0.2, 0) is 4.74 Å². The molecule has 4 heteroatoms. The number of nitrogens with one attached hydrogen (secondary N) is 1. The van der Waals surface area contributed by atoms with Crippen LogP contribution in [0.4, 0.5) is 4.39 Å². The molecular formula is C20H25FN2O. The standard InChI is InChI=1S/C20H25FN2O/c1-2-24-20(15-3-4-15)13-23-9-7-14(8-10-23)18-12-22-19-11-16(21)5-6-17(18)19/h5-7,11-12,15,20,22H,2-4,8-10,13H2,1H3. The summed E-state index contributed by atoms with van der Waals surface area (Å²) in [5, 5.41) is 1.11. The lowest BCUT2D eigenvalue weighted by Crippen LogP contribution is -2.37. The molecule has 0 saturated heterocycles. The SMILES string of the molecule is CCOC(CN1CC=C(c2c[nH]c3cc(F)ccc23)CC1)C1CC1. The average molecular weight is 328 g/mol. The highest BCUT2D eigenvalue weighted by molar-refractivity contribution is 5.92. The van der Waals surface area contributed by atoms with Crippen LogP contribution in [-0.4, -0.2) is 42.2 Å². The molecule has 1 aromatic carbocycles. The highest BCUT2D eigenvalue weighted by atomic mass is 19.1. The Labute approximate surface area is 142 Å². The van der Waals surface area contributed by atoms with Crippen LogP contribution in [0.2, 0.25) is 0 Å². The molecule has 4 rings (SSSR count). The van der Waals surface area contributed by atoms with Crippen LogP contribution < -0.4 is 0 Å². The van der Waals surface area contributed by atoms with Crippen LogP contribution in [0.1, 0.15) is 31.7 Å². The number of H-pyrrole nitrogens is 1. The van der Waals surface area contributed by atoms with Crippen molar-refractivity contribution in [3.63, 3.8) is 0 Å². The third-order valence-corrected chi connectivity index (χ3v) is 5.25. The van der Waals surface area contributed by atoms with Gasteiger partial charge in [-0.2, -0.15) is 0 Å². The van der Waals surface area contributed by atoms with Gasteiger partial charge in [-0.05, 0) is 55.9 Å². The van der Waals surface area contributed by atoms with E-state index < -0.39 is 0 Å². The number of ether oxygens (including phenoxy) is 1. The lowest BCUT2D eigenvalue weighted by atomic mass is 9.98.